The van der Waals surface area contributed by atoms with Crippen LogP contribution in [0, 0.1) is 11.3 Å². The van der Waals surface area contributed by atoms with Gasteiger partial charge in [0, 0.05) is 33.8 Å². The molecule has 214 valence electrons. The maximum absolute atomic E-state index is 14.1. The molecule has 0 aliphatic heterocycles. The summed E-state index contributed by atoms with van der Waals surface area (Å²) in [6, 6.07) is 20.0. The number of ether oxygens (including phenoxy) is 2. The summed E-state index contributed by atoms with van der Waals surface area (Å²) in [4.78, 5) is 41.1. The number of rotatable bonds is 11. The van der Waals surface area contributed by atoms with Gasteiger partial charge in [-0.2, -0.15) is 0 Å². The number of fused-ring (bicyclic) bond motifs is 1. The standard InChI is InChI=1S/C34H36ClNO5/c1-6-23(33(39)40-7-2)19-27-29(32(38)34(3,4)5)28-20-26(41-21-22-11-9-8-10-12-22)17-18-36(28)30(27)31(37)24-13-15-25(35)16-14-24/h8-18,20,23H,6-7,19,21H2,1-5H3. The highest BCUT2D eigenvalue weighted by Gasteiger charge is 2.35. The number of esters is 1. The lowest BCUT2D eigenvalue weighted by Gasteiger charge is -2.19. The van der Waals surface area contributed by atoms with Crippen LogP contribution in [0.4, 0.5) is 0 Å². The van der Waals surface area contributed by atoms with Crippen molar-refractivity contribution in [2.45, 2.75) is 54.1 Å². The lowest BCUT2D eigenvalue weighted by Crippen LogP contribution is -2.24. The Balaban J connectivity index is 1.94. The molecule has 7 heteroatoms. The van der Waals surface area contributed by atoms with E-state index in [1.165, 1.54) is 0 Å². The van der Waals surface area contributed by atoms with E-state index < -0.39 is 11.3 Å². The molecule has 0 N–H and O–H groups in total. The van der Waals surface area contributed by atoms with Gasteiger partial charge in [0.15, 0.2) is 5.78 Å². The number of hydrogen-bond donors (Lipinski definition) is 0. The molecule has 41 heavy (non-hydrogen) atoms. The molecule has 2 heterocycles. The van der Waals surface area contributed by atoms with Crippen LogP contribution in [-0.2, 0) is 22.6 Å². The van der Waals surface area contributed by atoms with Crippen LogP contribution in [0.1, 0.15) is 78.6 Å². The minimum absolute atomic E-state index is 0.126. The summed E-state index contributed by atoms with van der Waals surface area (Å²) in [5.41, 5.74) is 2.54. The Hall–Kier alpha value is -3.90. The van der Waals surface area contributed by atoms with Crippen LogP contribution in [0.15, 0.2) is 72.9 Å². The van der Waals surface area contributed by atoms with Crippen molar-refractivity contribution in [2.24, 2.45) is 11.3 Å². The van der Waals surface area contributed by atoms with Crippen molar-refractivity contribution in [3.63, 3.8) is 0 Å². The van der Waals surface area contributed by atoms with Crippen molar-refractivity contribution in [3.05, 3.63) is 106 Å². The van der Waals surface area contributed by atoms with Crippen molar-refractivity contribution in [1.82, 2.24) is 4.40 Å². The molecule has 1 unspecified atom stereocenters. The quantitative estimate of drug-likeness (QED) is 0.135. The van der Waals surface area contributed by atoms with Crippen molar-refractivity contribution in [1.29, 1.82) is 0 Å². The van der Waals surface area contributed by atoms with Gasteiger partial charge in [0.05, 0.1) is 23.7 Å². The van der Waals surface area contributed by atoms with Crippen LogP contribution >= 0.6 is 11.6 Å². The van der Waals surface area contributed by atoms with Crippen molar-refractivity contribution in [3.8, 4) is 5.75 Å². The zero-order valence-electron chi connectivity index (χ0n) is 24.2. The Kier molecular flexibility index (Phi) is 9.34. The maximum atomic E-state index is 14.1. The predicted molar refractivity (Wildman–Crippen MR) is 161 cm³/mol. The first-order chi connectivity index (χ1) is 19.5. The topological polar surface area (TPSA) is 74.1 Å². The predicted octanol–water partition coefficient (Wildman–Crippen LogP) is 7.76. The second kappa shape index (κ2) is 12.7. The molecule has 0 spiro atoms. The molecular formula is C34H36ClNO5. The molecule has 0 amide bonds. The van der Waals surface area contributed by atoms with Gasteiger partial charge in [-0.1, -0.05) is 69.6 Å². The first-order valence-corrected chi connectivity index (χ1v) is 14.3. The third-order valence-electron chi connectivity index (χ3n) is 7.05. The number of carbonyl (C=O) groups is 3. The molecule has 4 rings (SSSR count). The Morgan fingerprint density at radius 2 is 1.63 bits per heavy atom. The van der Waals surface area contributed by atoms with E-state index in [4.69, 9.17) is 21.1 Å². The van der Waals surface area contributed by atoms with E-state index in [0.29, 0.717) is 51.7 Å². The minimum Gasteiger partial charge on any atom is -0.489 e. The molecule has 0 aliphatic carbocycles. The Morgan fingerprint density at radius 3 is 2.24 bits per heavy atom. The molecule has 2 aromatic carbocycles. The summed E-state index contributed by atoms with van der Waals surface area (Å²) >= 11 is 6.10. The van der Waals surface area contributed by atoms with Gasteiger partial charge >= 0.3 is 5.97 Å². The van der Waals surface area contributed by atoms with Crippen LogP contribution in [0.25, 0.3) is 5.52 Å². The van der Waals surface area contributed by atoms with Crippen LogP contribution in [-0.4, -0.2) is 28.5 Å². The maximum Gasteiger partial charge on any atom is 0.309 e. The molecule has 0 aliphatic rings. The number of aromatic nitrogens is 1. The molecular weight excluding hydrogens is 538 g/mol. The number of Topliss-reactive ketones (excluding diaryl/α,β-unsaturated/α-hetero) is 1. The molecule has 0 saturated heterocycles. The van der Waals surface area contributed by atoms with Crippen LogP contribution < -0.4 is 4.74 Å². The van der Waals surface area contributed by atoms with Gasteiger partial charge in [0.1, 0.15) is 12.4 Å². The second-order valence-corrected chi connectivity index (χ2v) is 11.5. The summed E-state index contributed by atoms with van der Waals surface area (Å²) in [6.07, 6.45) is 2.43. The summed E-state index contributed by atoms with van der Waals surface area (Å²) in [6.45, 7) is 9.81. The zero-order valence-corrected chi connectivity index (χ0v) is 25.0. The molecule has 0 saturated carbocycles. The third-order valence-corrected chi connectivity index (χ3v) is 7.30. The molecule has 1 atom stereocenters. The van der Waals surface area contributed by atoms with Crippen LogP contribution in [0.3, 0.4) is 0 Å². The largest absolute Gasteiger partial charge is 0.489 e. The zero-order chi connectivity index (χ0) is 29.7. The first kappa shape index (κ1) is 30.1. The van der Waals surface area contributed by atoms with Gasteiger partial charge in [-0.25, -0.2) is 0 Å². The average Bonchev–Trinajstić information content (AvgIpc) is 3.27. The molecule has 2 aromatic heterocycles. The summed E-state index contributed by atoms with van der Waals surface area (Å²) < 4.78 is 13.2. The number of carbonyl (C=O) groups excluding carboxylic acids is 3. The molecule has 6 nitrogen and oxygen atoms in total. The lowest BCUT2D eigenvalue weighted by atomic mass is 9.82. The highest BCUT2D eigenvalue weighted by molar-refractivity contribution is 6.30. The van der Waals surface area contributed by atoms with E-state index in [1.807, 2.05) is 58.0 Å². The number of benzene rings is 2. The minimum atomic E-state index is -0.746. The first-order valence-electron chi connectivity index (χ1n) is 13.9. The fourth-order valence-corrected chi connectivity index (χ4v) is 4.96. The SMILES string of the molecule is CCOC(=O)C(CC)Cc1c(C(=O)C(C)(C)C)c2cc(OCc3ccccc3)ccn2c1C(=O)c1ccc(Cl)cc1. The van der Waals surface area contributed by atoms with E-state index in [-0.39, 0.29) is 30.6 Å². The van der Waals surface area contributed by atoms with Gasteiger partial charge in [-0.05, 0) is 61.2 Å². The average molecular weight is 574 g/mol. The molecule has 0 bridgehead atoms. The van der Waals surface area contributed by atoms with Crippen molar-refractivity contribution in [2.75, 3.05) is 6.61 Å². The van der Waals surface area contributed by atoms with Gasteiger partial charge < -0.3 is 13.9 Å². The van der Waals surface area contributed by atoms with Gasteiger partial charge in [-0.3, -0.25) is 14.4 Å². The lowest BCUT2D eigenvalue weighted by molar-refractivity contribution is -0.148. The normalized spacial score (nSPS) is 12.2. The molecule has 0 fully saturated rings. The Morgan fingerprint density at radius 1 is 0.951 bits per heavy atom. The number of hydrogen-bond acceptors (Lipinski definition) is 5. The number of halogens is 1. The van der Waals surface area contributed by atoms with Crippen molar-refractivity contribution >= 4 is 34.7 Å². The second-order valence-electron chi connectivity index (χ2n) is 11.1. The monoisotopic (exact) mass is 573 g/mol. The van der Waals surface area contributed by atoms with Gasteiger partial charge in [0.2, 0.25) is 5.78 Å². The number of ketones is 2. The van der Waals surface area contributed by atoms with E-state index in [1.54, 1.807) is 53.9 Å². The van der Waals surface area contributed by atoms with E-state index in [0.717, 1.165) is 5.56 Å². The van der Waals surface area contributed by atoms with Gasteiger partial charge in [0.25, 0.3) is 0 Å². The summed E-state index contributed by atoms with van der Waals surface area (Å²) in [5, 5.41) is 0.513. The van der Waals surface area contributed by atoms with Gasteiger partial charge in [-0.15, -0.1) is 0 Å². The highest BCUT2D eigenvalue weighted by atomic mass is 35.5. The highest BCUT2D eigenvalue weighted by Crippen LogP contribution is 2.36. The summed E-state index contributed by atoms with van der Waals surface area (Å²) in [7, 11) is 0. The number of nitrogens with zero attached hydrogens (tertiary/aromatic N) is 1. The van der Waals surface area contributed by atoms with Crippen LogP contribution in [0.2, 0.25) is 5.02 Å². The Bertz CT molecular complexity index is 1550. The fourth-order valence-electron chi connectivity index (χ4n) is 4.83. The fraction of sp³-hybridized carbons (Fsp3) is 0.324. The molecule has 0 radical (unpaired) electrons. The van der Waals surface area contributed by atoms with E-state index >= 15 is 0 Å². The smallest absolute Gasteiger partial charge is 0.309 e. The molecule has 4 aromatic rings. The summed E-state index contributed by atoms with van der Waals surface area (Å²) in [5.74, 6) is -0.702. The Labute approximate surface area is 246 Å². The van der Waals surface area contributed by atoms with Crippen molar-refractivity contribution < 1.29 is 23.9 Å². The third kappa shape index (κ3) is 6.71. The van der Waals surface area contributed by atoms with E-state index in [2.05, 4.69) is 0 Å². The number of pyridine rings is 1. The van der Waals surface area contributed by atoms with Crippen LogP contribution in [0.5, 0.6) is 5.75 Å². The van der Waals surface area contributed by atoms with E-state index in [9.17, 15) is 14.4 Å².